The predicted octanol–water partition coefficient (Wildman–Crippen LogP) is 2.78. The highest BCUT2D eigenvalue weighted by Crippen LogP contribution is 2.24. The van der Waals surface area contributed by atoms with E-state index in [1.54, 1.807) is 19.3 Å². The topological polar surface area (TPSA) is 95.5 Å². The fourth-order valence-electron chi connectivity index (χ4n) is 3.46. The van der Waals surface area contributed by atoms with Crippen LogP contribution >= 0.6 is 24.0 Å². The molecular formula is C21H30IN5O2S. The lowest BCUT2D eigenvalue weighted by molar-refractivity contribution is 0.579. The van der Waals surface area contributed by atoms with Gasteiger partial charge in [-0.25, -0.2) is 13.1 Å². The van der Waals surface area contributed by atoms with Crippen LogP contribution in [0.3, 0.4) is 0 Å². The second kappa shape index (κ2) is 11.6. The molecule has 1 aromatic heterocycles. The van der Waals surface area contributed by atoms with Gasteiger partial charge in [-0.05, 0) is 61.4 Å². The zero-order chi connectivity index (χ0) is 20.7. The Balaban J connectivity index is 0.00000320. The summed E-state index contributed by atoms with van der Waals surface area (Å²) in [6.07, 6.45) is 7.74. The number of sulfonamides is 1. The molecule has 1 aromatic carbocycles. The number of hydrogen-bond acceptors (Lipinski definition) is 4. The van der Waals surface area contributed by atoms with Crippen LogP contribution in [0.2, 0.25) is 0 Å². The molecule has 7 nitrogen and oxygen atoms in total. The first-order valence-electron chi connectivity index (χ1n) is 9.98. The van der Waals surface area contributed by atoms with E-state index in [0.717, 1.165) is 6.42 Å². The average Bonchev–Trinajstić information content (AvgIpc) is 2.76. The number of aromatic nitrogens is 1. The van der Waals surface area contributed by atoms with Crippen LogP contribution in [0.4, 0.5) is 0 Å². The van der Waals surface area contributed by atoms with E-state index in [9.17, 15) is 8.42 Å². The van der Waals surface area contributed by atoms with E-state index in [1.165, 1.54) is 48.2 Å². The number of rotatable bonds is 7. The van der Waals surface area contributed by atoms with Crippen molar-refractivity contribution in [2.45, 2.75) is 43.5 Å². The Hall–Kier alpha value is -1.72. The second-order valence-electron chi connectivity index (χ2n) is 7.19. The SMILES string of the molecule is CN=C(NCCNS(=O)(=O)c1cccnc1)NC(C)c1ccc2c(c1)CCCC2.I. The number of benzene rings is 1. The summed E-state index contributed by atoms with van der Waals surface area (Å²) in [5.41, 5.74) is 4.15. The highest BCUT2D eigenvalue weighted by atomic mass is 127. The first-order chi connectivity index (χ1) is 14.0. The minimum Gasteiger partial charge on any atom is -0.355 e. The maximum Gasteiger partial charge on any atom is 0.242 e. The van der Waals surface area contributed by atoms with Crippen LogP contribution in [0.15, 0.2) is 52.6 Å². The van der Waals surface area contributed by atoms with E-state index in [4.69, 9.17) is 0 Å². The van der Waals surface area contributed by atoms with Crippen LogP contribution in [0.25, 0.3) is 0 Å². The van der Waals surface area contributed by atoms with E-state index in [0.29, 0.717) is 12.5 Å². The van der Waals surface area contributed by atoms with E-state index >= 15 is 0 Å². The summed E-state index contributed by atoms with van der Waals surface area (Å²) >= 11 is 0. The van der Waals surface area contributed by atoms with Crippen molar-refractivity contribution in [3.63, 3.8) is 0 Å². The Kier molecular flexibility index (Phi) is 9.50. The standard InChI is InChI=1S/C21H29N5O2S.HI/c1-16(18-10-9-17-6-3-4-7-19(17)14-18)26-21(22-2)24-12-13-25-29(27,28)20-8-5-11-23-15-20;/h5,8-11,14-16,25H,3-4,6-7,12-13H2,1-2H3,(H2,22,24,26);1H. The molecule has 9 heteroatoms. The Morgan fingerprint density at radius 3 is 2.63 bits per heavy atom. The van der Waals surface area contributed by atoms with Crippen LogP contribution in [0, 0.1) is 0 Å². The minimum atomic E-state index is -3.55. The number of aliphatic imine (C=N–C) groups is 1. The summed E-state index contributed by atoms with van der Waals surface area (Å²) in [4.78, 5) is 8.24. The zero-order valence-corrected chi connectivity index (χ0v) is 20.5. The summed E-state index contributed by atoms with van der Waals surface area (Å²) in [6, 6.07) is 9.93. The number of nitrogens with zero attached hydrogens (tertiary/aromatic N) is 2. The maximum atomic E-state index is 12.2. The molecule has 164 valence electrons. The molecule has 3 N–H and O–H groups in total. The highest BCUT2D eigenvalue weighted by Gasteiger charge is 2.15. The van der Waals surface area contributed by atoms with Gasteiger partial charge in [-0.15, -0.1) is 24.0 Å². The molecule has 1 unspecified atom stereocenters. The van der Waals surface area contributed by atoms with Crippen molar-refractivity contribution in [1.29, 1.82) is 0 Å². The van der Waals surface area contributed by atoms with Gasteiger partial charge in [0, 0.05) is 32.5 Å². The van der Waals surface area contributed by atoms with E-state index in [1.807, 2.05) is 0 Å². The van der Waals surface area contributed by atoms with Crippen molar-refractivity contribution in [1.82, 2.24) is 20.3 Å². The molecule has 1 aliphatic carbocycles. The van der Waals surface area contributed by atoms with Gasteiger partial charge in [0.2, 0.25) is 10.0 Å². The Morgan fingerprint density at radius 1 is 1.17 bits per heavy atom. The quantitative estimate of drug-likeness (QED) is 0.216. The van der Waals surface area contributed by atoms with Crippen LogP contribution < -0.4 is 15.4 Å². The van der Waals surface area contributed by atoms with Crippen LogP contribution in [-0.4, -0.2) is 39.5 Å². The number of aryl methyl sites for hydroxylation is 2. The maximum absolute atomic E-state index is 12.2. The van der Waals surface area contributed by atoms with Crippen molar-refractivity contribution >= 4 is 40.0 Å². The largest absolute Gasteiger partial charge is 0.355 e. The first kappa shape index (κ1) is 24.5. The summed E-state index contributed by atoms with van der Waals surface area (Å²) in [7, 11) is -1.85. The van der Waals surface area contributed by atoms with Crippen molar-refractivity contribution < 1.29 is 8.42 Å². The second-order valence-corrected chi connectivity index (χ2v) is 8.95. The van der Waals surface area contributed by atoms with Crippen LogP contribution in [0.5, 0.6) is 0 Å². The fraction of sp³-hybridized carbons (Fsp3) is 0.429. The van der Waals surface area contributed by atoms with E-state index in [2.05, 4.69) is 50.5 Å². The van der Waals surface area contributed by atoms with Gasteiger partial charge in [-0.2, -0.15) is 0 Å². The van der Waals surface area contributed by atoms with Gasteiger partial charge in [0.15, 0.2) is 5.96 Å². The Labute approximate surface area is 196 Å². The predicted molar refractivity (Wildman–Crippen MR) is 131 cm³/mol. The molecule has 1 aliphatic rings. The molecule has 3 rings (SSSR count). The first-order valence-corrected chi connectivity index (χ1v) is 11.5. The summed E-state index contributed by atoms with van der Waals surface area (Å²) < 4.78 is 27.0. The number of nitrogens with one attached hydrogen (secondary N) is 3. The van der Waals surface area contributed by atoms with Gasteiger partial charge < -0.3 is 10.6 Å². The number of pyridine rings is 1. The van der Waals surface area contributed by atoms with Crippen LogP contribution in [-0.2, 0) is 22.9 Å². The van der Waals surface area contributed by atoms with Gasteiger partial charge in [-0.3, -0.25) is 9.98 Å². The summed E-state index contributed by atoms with van der Waals surface area (Å²) in [6.45, 7) is 2.75. The normalized spacial score (nSPS) is 14.9. The molecule has 0 saturated carbocycles. The molecule has 1 atom stereocenters. The molecule has 0 amide bonds. The third kappa shape index (κ3) is 6.64. The van der Waals surface area contributed by atoms with Crippen molar-refractivity contribution in [2.24, 2.45) is 4.99 Å². The molecular weight excluding hydrogens is 513 g/mol. The zero-order valence-electron chi connectivity index (χ0n) is 17.4. The molecule has 1 heterocycles. The Morgan fingerprint density at radius 2 is 1.93 bits per heavy atom. The number of fused-ring (bicyclic) bond motifs is 1. The number of guanidine groups is 1. The van der Waals surface area contributed by atoms with E-state index < -0.39 is 10.0 Å². The van der Waals surface area contributed by atoms with Gasteiger partial charge in [-0.1, -0.05) is 18.2 Å². The molecule has 0 spiro atoms. The molecule has 2 aromatic rings. The Bertz CT molecular complexity index is 951. The van der Waals surface area contributed by atoms with Gasteiger partial charge in [0.25, 0.3) is 0 Å². The van der Waals surface area contributed by atoms with Crippen molar-refractivity contribution in [3.8, 4) is 0 Å². The molecule has 30 heavy (non-hydrogen) atoms. The minimum absolute atomic E-state index is 0. The molecule has 0 fully saturated rings. The van der Waals surface area contributed by atoms with Crippen molar-refractivity contribution in [2.75, 3.05) is 20.1 Å². The highest BCUT2D eigenvalue weighted by molar-refractivity contribution is 14.0. The lowest BCUT2D eigenvalue weighted by Gasteiger charge is -2.21. The number of hydrogen-bond donors (Lipinski definition) is 3. The smallest absolute Gasteiger partial charge is 0.242 e. The number of halogens is 1. The molecule has 0 radical (unpaired) electrons. The summed E-state index contributed by atoms with van der Waals surface area (Å²) in [5.74, 6) is 0.635. The van der Waals surface area contributed by atoms with Gasteiger partial charge in [0.1, 0.15) is 4.90 Å². The van der Waals surface area contributed by atoms with E-state index in [-0.39, 0.29) is 41.5 Å². The molecule has 0 saturated heterocycles. The van der Waals surface area contributed by atoms with Crippen LogP contribution in [0.1, 0.15) is 42.5 Å². The van der Waals surface area contributed by atoms with Crippen molar-refractivity contribution in [3.05, 3.63) is 59.4 Å². The summed E-state index contributed by atoms with van der Waals surface area (Å²) in [5, 5.41) is 6.52. The lowest BCUT2D eigenvalue weighted by Crippen LogP contribution is -2.42. The fourth-order valence-corrected chi connectivity index (χ4v) is 4.46. The molecule has 0 aliphatic heterocycles. The van der Waals surface area contributed by atoms with Gasteiger partial charge >= 0.3 is 0 Å². The lowest BCUT2D eigenvalue weighted by atomic mass is 9.89. The third-order valence-corrected chi connectivity index (χ3v) is 6.55. The average molecular weight is 543 g/mol. The third-order valence-electron chi connectivity index (χ3n) is 5.10. The van der Waals surface area contributed by atoms with Gasteiger partial charge in [0.05, 0.1) is 6.04 Å². The molecule has 0 bridgehead atoms. The monoisotopic (exact) mass is 543 g/mol.